The van der Waals surface area contributed by atoms with Crippen molar-refractivity contribution in [2.75, 3.05) is 20.3 Å². The largest absolute Gasteiger partial charge is 0.478 e. The fraction of sp³-hybridized carbons (Fsp3) is 0.121. The topological polar surface area (TPSA) is 123 Å². The average Bonchev–Trinajstić information content (AvgIpc) is 3.40. The summed E-state index contributed by atoms with van der Waals surface area (Å²) in [6.45, 7) is 2.76. The highest BCUT2D eigenvalue weighted by Gasteiger charge is 2.20. The van der Waals surface area contributed by atoms with Crippen LogP contribution in [0, 0.1) is 18.6 Å². The number of rotatable bonds is 10. The quantitative estimate of drug-likeness (QED) is 0.120. The first-order chi connectivity index (χ1) is 20.7. The molecule has 4 aromatic carbocycles. The number of hydrogen-bond donors (Lipinski definition) is 3. The maximum absolute atomic E-state index is 15.6. The first-order valence-electron chi connectivity index (χ1n) is 13.3. The minimum Gasteiger partial charge on any atom is -0.478 e. The number of carboxylic acids is 1. The van der Waals surface area contributed by atoms with Crippen LogP contribution in [0.25, 0.3) is 39.0 Å². The number of aryl methyl sites for hydroxylation is 1. The summed E-state index contributed by atoms with van der Waals surface area (Å²) in [7, 11) is 1.62. The van der Waals surface area contributed by atoms with Crippen molar-refractivity contribution in [2.45, 2.75) is 6.92 Å². The molecule has 1 aromatic heterocycles. The van der Waals surface area contributed by atoms with Crippen molar-refractivity contribution in [3.05, 3.63) is 107 Å². The van der Waals surface area contributed by atoms with Crippen LogP contribution in [-0.2, 0) is 4.74 Å². The van der Waals surface area contributed by atoms with Gasteiger partial charge in [-0.2, -0.15) is 4.98 Å². The van der Waals surface area contributed by atoms with Crippen molar-refractivity contribution >= 4 is 28.9 Å². The Labute approximate surface area is 246 Å². The van der Waals surface area contributed by atoms with Gasteiger partial charge in [-0.1, -0.05) is 54.6 Å². The zero-order valence-corrected chi connectivity index (χ0v) is 23.4. The highest BCUT2D eigenvalue weighted by Crippen LogP contribution is 2.34. The molecule has 0 radical (unpaired) electrons. The van der Waals surface area contributed by atoms with E-state index in [0.29, 0.717) is 30.0 Å². The van der Waals surface area contributed by atoms with Gasteiger partial charge in [-0.15, -0.1) is 0 Å². The molecular weight excluding hydrogens is 554 g/mol. The molecule has 4 N–H and O–H groups in total. The van der Waals surface area contributed by atoms with E-state index in [0.717, 1.165) is 22.8 Å². The van der Waals surface area contributed by atoms with Crippen LogP contribution in [0.15, 0.2) is 83.9 Å². The number of imidazole rings is 1. The third kappa shape index (κ3) is 6.44. The van der Waals surface area contributed by atoms with Gasteiger partial charge in [0.2, 0.25) is 0 Å². The molecule has 0 aliphatic rings. The molecule has 10 heteroatoms. The molecule has 218 valence electrons. The lowest BCUT2D eigenvalue weighted by molar-refractivity contribution is 0.0695. The van der Waals surface area contributed by atoms with E-state index in [1.165, 1.54) is 6.07 Å². The van der Waals surface area contributed by atoms with Gasteiger partial charge < -0.3 is 25.3 Å². The van der Waals surface area contributed by atoms with Crippen molar-refractivity contribution in [3.63, 3.8) is 0 Å². The first-order valence-corrected chi connectivity index (χ1v) is 13.3. The Bertz CT molecular complexity index is 1850. The number of methoxy groups -OCH3 is 1. The smallest absolute Gasteiger partial charge is 0.336 e. The van der Waals surface area contributed by atoms with Gasteiger partial charge in [0.1, 0.15) is 17.1 Å². The van der Waals surface area contributed by atoms with Gasteiger partial charge in [0.15, 0.2) is 5.82 Å². The number of ether oxygens (including phenoxy) is 2. The Hall–Kier alpha value is -5.35. The van der Waals surface area contributed by atoms with Crippen molar-refractivity contribution in [1.82, 2.24) is 9.97 Å². The molecule has 0 unspecified atom stereocenters. The van der Waals surface area contributed by atoms with Gasteiger partial charge in [0.05, 0.1) is 29.8 Å². The van der Waals surface area contributed by atoms with E-state index >= 15 is 8.78 Å². The number of aromatic carboxylic acids is 1. The fourth-order valence-electron chi connectivity index (χ4n) is 4.51. The Morgan fingerprint density at radius 3 is 2.37 bits per heavy atom. The maximum Gasteiger partial charge on any atom is 0.336 e. The highest BCUT2D eigenvalue weighted by molar-refractivity contribution is 5.90. The van der Waals surface area contributed by atoms with Crippen molar-refractivity contribution < 1.29 is 28.2 Å². The molecule has 0 fully saturated rings. The molecule has 1 heterocycles. The molecule has 0 saturated heterocycles. The monoisotopic (exact) mass is 582 g/mol. The van der Waals surface area contributed by atoms with E-state index < -0.39 is 17.6 Å². The summed E-state index contributed by atoms with van der Waals surface area (Å²) >= 11 is 0. The summed E-state index contributed by atoms with van der Waals surface area (Å²) in [5, 5.41) is 9.35. The number of allylic oxidation sites excluding steroid dienone is 1. The molecular formula is C33H28F2N4O4. The number of fused-ring (bicyclic) bond motifs is 1. The third-order valence-corrected chi connectivity index (χ3v) is 6.81. The number of carbonyl (C=O) groups is 1. The lowest BCUT2D eigenvalue weighted by Gasteiger charge is -2.08. The number of benzene rings is 4. The van der Waals surface area contributed by atoms with E-state index in [2.05, 4.69) is 15.0 Å². The Morgan fingerprint density at radius 2 is 1.70 bits per heavy atom. The van der Waals surface area contributed by atoms with Crippen LogP contribution in [0.3, 0.4) is 0 Å². The Kier molecular flexibility index (Phi) is 8.59. The Balaban J connectivity index is 1.36. The standard InChI is InChI=1S/C33H28F2N4O4/c1-19-3-12-24(17-25(19)32(40)41)43-33-38-28-18-26(34)29(30(35)31(28)39-33)23-10-6-21(7-11-23)20-4-8-22(9-5-20)27(36)13-14-37-15-16-42-2/h3-14,17-18H,15-16,36H2,1-2H3,(H,38,39)(H,40,41). The molecule has 0 amide bonds. The second kappa shape index (κ2) is 12.7. The summed E-state index contributed by atoms with van der Waals surface area (Å²) in [5.41, 5.74) is 10.0. The van der Waals surface area contributed by atoms with Crippen LogP contribution < -0.4 is 10.5 Å². The highest BCUT2D eigenvalue weighted by atomic mass is 19.1. The molecule has 0 spiro atoms. The van der Waals surface area contributed by atoms with Crippen molar-refractivity contribution in [1.29, 1.82) is 0 Å². The van der Waals surface area contributed by atoms with Gasteiger partial charge in [-0.25, -0.2) is 13.6 Å². The van der Waals surface area contributed by atoms with E-state index in [1.54, 1.807) is 62.7 Å². The molecule has 0 atom stereocenters. The zero-order valence-electron chi connectivity index (χ0n) is 23.4. The molecule has 0 aliphatic carbocycles. The van der Waals surface area contributed by atoms with E-state index in [-0.39, 0.29) is 33.9 Å². The molecule has 0 aliphatic heterocycles. The fourth-order valence-corrected chi connectivity index (χ4v) is 4.51. The molecule has 5 aromatic rings. The molecule has 0 saturated carbocycles. The molecule has 5 rings (SSSR count). The van der Waals surface area contributed by atoms with Gasteiger partial charge in [-0.05, 0) is 52.9 Å². The molecule has 8 nitrogen and oxygen atoms in total. The number of aromatic nitrogens is 2. The number of hydrogen-bond acceptors (Lipinski definition) is 6. The summed E-state index contributed by atoms with van der Waals surface area (Å²) in [4.78, 5) is 22.5. The van der Waals surface area contributed by atoms with Crippen molar-refractivity contribution in [3.8, 4) is 34.0 Å². The molecule has 0 bridgehead atoms. The SMILES string of the molecule is COCCN=CC=C(N)c1ccc(-c2ccc(-c3c(F)cc4[nH]c(Oc5ccc(C)c(C(=O)O)c5)nc4c3F)cc2)cc1. The number of carboxylic acid groups (broad SMARTS) is 1. The number of nitrogens with one attached hydrogen (secondary N) is 1. The van der Waals surface area contributed by atoms with Crippen LogP contribution in [0.2, 0.25) is 0 Å². The van der Waals surface area contributed by atoms with Crippen LogP contribution >= 0.6 is 0 Å². The third-order valence-electron chi connectivity index (χ3n) is 6.81. The zero-order chi connectivity index (χ0) is 30.5. The van der Waals surface area contributed by atoms with E-state index in [4.69, 9.17) is 15.2 Å². The maximum atomic E-state index is 15.6. The first kappa shape index (κ1) is 29.2. The predicted octanol–water partition coefficient (Wildman–Crippen LogP) is 6.99. The van der Waals surface area contributed by atoms with Crippen LogP contribution in [0.1, 0.15) is 21.5 Å². The van der Waals surface area contributed by atoms with Crippen LogP contribution in [-0.4, -0.2) is 47.5 Å². The minimum absolute atomic E-state index is 0.0628. The van der Waals surface area contributed by atoms with Gasteiger partial charge in [0, 0.05) is 25.1 Å². The second-order valence-electron chi connectivity index (χ2n) is 9.69. The Morgan fingerprint density at radius 1 is 1.02 bits per heavy atom. The summed E-state index contributed by atoms with van der Waals surface area (Å²) in [6, 6.07) is 20.0. The summed E-state index contributed by atoms with van der Waals surface area (Å²) in [6.07, 6.45) is 3.37. The van der Waals surface area contributed by atoms with Crippen LogP contribution in [0.4, 0.5) is 8.78 Å². The second-order valence-corrected chi connectivity index (χ2v) is 9.69. The lowest BCUT2D eigenvalue weighted by atomic mass is 9.98. The number of halogens is 2. The number of aliphatic imine (C=N–C) groups is 1. The van der Waals surface area contributed by atoms with Gasteiger partial charge >= 0.3 is 5.97 Å². The predicted molar refractivity (Wildman–Crippen MR) is 162 cm³/mol. The normalized spacial score (nSPS) is 11.9. The minimum atomic E-state index is -1.11. The number of H-pyrrole nitrogens is 1. The van der Waals surface area contributed by atoms with Gasteiger partial charge in [0.25, 0.3) is 6.01 Å². The number of nitrogens with two attached hydrogens (primary N) is 1. The van der Waals surface area contributed by atoms with Crippen LogP contribution in [0.5, 0.6) is 11.8 Å². The summed E-state index contributed by atoms with van der Waals surface area (Å²) < 4.78 is 41.3. The lowest BCUT2D eigenvalue weighted by Crippen LogP contribution is -2.00. The molecule has 43 heavy (non-hydrogen) atoms. The van der Waals surface area contributed by atoms with Gasteiger partial charge in [-0.3, -0.25) is 4.99 Å². The van der Waals surface area contributed by atoms with E-state index in [1.807, 2.05) is 24.3 Å². The average molecular weight is 583 g/mol. The van der Waals surface area contributed by atoms with E-state index in [9.17, 15) is 9.90 Å². The number of aromatic amines is 1. The summed E-state index contributed by atoms with van der Waals surface area (Å²) in [5.74, 6) is -2.53. The number of nitrogens with zero attached hydrogens (tertiary/aromatic N) is 2. The van der Waals surface area contributed by atoms with Crippen molar-refractivity contribution in [2.24, 2.45) is 10.7 Å².